The zero-order chi connectivity index (χ0) is 18.6. The number of sulfone groups is 1. The highest BCUT2D eigenvalue weighted by atomic mass is 32.2. The molecule has 0 saturated heterocycles. The number of hydrogen-bond donors (Lipinski definition) is 2. The third-order valence-electron chi connectivity index (χ3n) is 4.20. The number of carboxylic acids is 1. The predicted molar refractivity (Wildman–Crippen MR) is 87.5 cm³/mol. The molecule has 7 nitrogen and oxygen atoms in total. The van der Waals surface area contributed by atoms with Crippen molar-refractivity contribution < 1.29 is 32.2 Å². The van der Waals surface area contributed by atoms with Gasteiger partial charge >= 0.3 is 5.97 Å². The molecule has 1 aliphatic rings. The Bertz CT molecular complexity index is 758. The van der Waals surface area contributed by atoms with Crippen molar-refractivity contribution in [3.63, 3.8) is 0 Å². The van der Waals surface area contributed by atoms with E-state index >= 15 is 0 Å². The van der Waals surface area contributed by atoms with Crippen LogP contribution in [-0.4, -0.2) is 43.5 Å². The van der Waals surface area contributed by atoms with Crippen LogP contribution in [0.5, 0.6) is 5.75 Å². The van der Waals surface area contributed by atoms with Crippen LogP contribution in [0, 0.1) is 5.82 Å². The first-order chi connectivity index (χ1) is 11.7. The Labute approximate surface area is 145 Å². The number of aliphatic carboxylic acids is 1. The van der Waals surface area contributed by atoms with Gasteiger partial charge in [0.25, 0.3) is 0 Å². The van der Waals surface area contributed by atoms with E-state index in [0.29, 0.717) is 12.8 Å². The SMILES string of the molecule is COc1ccc(C(NC(=O)CS(=O)(=O)C2CCCC2)C(=O)O)cc1F. The third-order valence-corrected chi connectivity index (χ3v) is 6.36. The number of methoxy groups -OCH3 is 1. The summed E-state index contributed by atoms with van der Waals surface area (Å²) in [4.78, 5) is 23.4. The minimum Gasteiger partial charge on any atom is -0.494 e. The molecule has 2 N–H and O–H groups in total. The van der Waals surface area contributed by atoms with E-state index in [2.05, 4.69) is 5.32 Å². The largest absolute Gasteiger partial charge is 0.494 e. The lowest BCUT2D eigenvalue weighted by Gasteiger charge is -2.17. The molecule has 1 aliphatic carbocycles. The number of hydrogen-bond acceptors (Lipinski definition) is 5. The lowest BCUT2D eigenvalue weighted by molar-refractivity contribution is -0.141. The van der Waals surface area contributed by atoms with E-state index < -0.39 is 44.6 Å². The van der Waals surface area contributed by atoms with Crippen LogP contribution >= 0.6 is 0 Å². The van der Waals surface area contributed by atoms with Crippen LogP contribution in [0.2, 0.25) is 0 Å². The molecule has 2 rings (SSSR count). The molecule has 1 aromatic rings. The number of carbonyl (C=O) groups excluding carboxylic acids is 1. The molecule has 1 unspecified atom stereocenters. The second kappa shape index (κ2) is 7.81. The van der Waals surface area contributed by atoms with Gasteiger partial charge in [0.2, 0.25) is 5.91 Å². The van der Waals surface area contributed by atoms with Crippen molar-refractivity contribution in [2.45, 2.75) is 37.0 Å². The number of benzene rings is 1. The summed E-state index contributed by atoms with van der Waals surface area (Å²) in [7, 11) is -2.36. The number of ether oxygens (including phenoxy) is 1. The van der Waals surface area contributed by atoms with Gasteiger partial charge in [-0.15, -0.1) is 0 Å². The zero-order valence-electron chi connectivity index (χ0n) is 13.7. The average molecular weight is 373 g/mol. The van der Waals surface area contributed by atoms with Gasteiger partial charge in [0.05, 0.1) is 12.4 Å². The van der Waals surface area contributed by atoms with E-state index in [9.17, 15) is 27.5 Å². The molecule has 0 spiro atoms. The summed E-state index contributed by atoms with van der Waals surface area (Å²) < 4.78 is 42.9. The lowest BCUT2D eigenvalue weighted by Crippen LogP contribution is -2.39. The highest BCUT2D eigenvalue weighted by molar-refractivity contribution is 7.92. The number of carbonyl (C=O) groups is 2. The molecule has 0 aromatic heterocycles. The van der Waals surface area contributed by atoms with Crippen LogP contribution in [0.1, 0.15) is 37.3 Å². The van der Waals surface area contributed by atoms with Crippen LogP contribution in [0.4, 0.5) is 4.39 Å². The Morgan fingerprint density at radius 3 is 2.52 bits per heavy atom. The van der Waals surface area contributed by atoms with Crippen LogP contribution in [0.15, 0.2) is 18.2 Å². The fourth-order valence-corrected chi connectivity index (χ4v) is 4.64. The number of rotatable bonds is 7. The first kappa shape index (κ1) is 19.2. The number of amides is 1. The molecule has 25 heavy (non-hydrogen) atoms. The smallest absolute Gasteiger partial charge is 0.330 e. The summed E-state index contributed by atoms with van der Waals surface area (Å²) in [5.41, 5.74) is -0.0163. The van der Waals surface area contributed by atoms with E-state index in [0.717, 1.165) is 18.9 Å². The predicted octanol–water partition coefficient (Wildman–Crippen LogP) is 1.43. The summed E-state index contributed by atoms with van der Waals surface area (Å²) in [5.74, 6) is -3.96. The topological polar surface area (TPSA) is 110 Å². The van der Waals surface area contributed by atoms with Gasteiger partial charge in [-0.3, -0.25) is 4.79 Å². The van der Waals surface area contributed by atoms with Crippen LogP contribution in [0.25, 0.3) is 0 Å². The summed E-state index contributed by atoms with van der Waals surface area (Å²) in [6.45, 7) is 0. The van der Waals surface area contributed by atoms with E-state index in [1.165, 1.54) is 19.2 Å². The molecular formula is C16H20FNO6S. The highest BCUT2D eigenvalue weighted by Gasteiger charge is 2.32. The van der Waals surface area contributed by atoms with Crippen molar-refractivity contribution >= 4 is 21.7 Å². The van der Waals surface area contributed by atoms with E-state index in [-0.39, 0.29) is 11.3 Å². The molecule has 0 radical (unpaired) electrons. The van der Waals surface area contributed by atoms with Gasteiger partial charge < -0.3 is 15.2 Å². The molecule has 9 heteroatoms. The Hall–Kier alpha value is -2.16. The maximum absolute atomic E-state index is 13.8. The van der Waals surface area contributed by atoms with Gasteiger partial charge in [0.15, 0.2) is 27.4 Å². The highest BCUT2D eigenvalue weighted by Crippen LogP contribution is 2.26. The van der Waals surface area contributed by atoms with E-state index in [1.54, 1.807) is 0 Å². The monoisotopic (exact) mass is 373 g/mol. The minimum absolute atomic E-state index is 0.0163. The maximum Gasteiger partial charge on any atom is 0.330 e. The minimum atomic E-state index is -3.63. The molecule has 1 aromatic carbocycles. The second-order valence-electron chi connectivity index (χ2n) is 5.95. The van der Waals surface area contributed by atoms with Crippen molar-refractivity contribution in [2.24, 2.45) is 0 Å². The first-order valence-corrected chi connectivity index (χ1v) is 9.53. The quantitative estimate of drug-likeness (QED) is 0.748. The molecule has 0 aliphatic heterocycles. The Balaban J connectivity index is 2.12. The summed E-state index contributed by atoms with van der Waals surface area (Å²) in [5, 5.41) is 10.9. The van der Waals surface area contributed by atoms with E-state index in [4.69, 9.17) is 4.74 Å². The number of carboxylic acid groups (broad SMARTS) is 1. The van der Waals surface area contributed by atoms with Gasteiger partial charge in [-0.1, -0.05) is 18.9 Å². The van der Waals surface area contributed by atoms with Crippen molar-refractivity contribution in [1.29, 1.82) is 0 Å². The van der Waals surface area contributed by atoms with Crippen LogP contribution < -0.4 is 10.1 Å². The molecule has 1 atom stereocenters. The summed E-state index contributed by atoms with van der Waals surface area (Å²) in [6.07, 6.45) is 2.63. The second-order valence-corrected chi connectivity index (χ2v) is 8.23. The molecular weight excluding hydrogens is 353 g/mol. The molecule has 1 saturated carbocycles. The van der Waals surface area contributed by atoms with Crippen molar-refractivity contribution in [3.05, 3.63) is 29.6 Å². The Morgan fingerprint density at radius 2 is 2.00 bits per heavy atom. The first-order valence-electron chi connectivity index (χ1n) is 7.82. The molecule has 0 bridgehead atoms. The van der Waals surface area contributed by atoms with Crippen molar-refractivity contribution in [1.82, 2.24) is 5.32 Å². The van der Waals surface area contributed by atoms with E-state index in [1.807, 2.05) is 0 Å². The Morgan fingerprint density at radius 1 is 1.36 bits per heavy atom. The fraction of sp³-hybridized carbons (Fsp3) is 0.500. The van der Waals surface area contributed by atoms with Crippen LogP contribution in [0.3, 0.4) is 0 Å². The molecule has 138 valence electrons. The average Bonchev–Trinajstić information content (AvgIpc) is 3.07. The number of halogens is 1. The fourth-order valence-electron chi connectivity index (χ4n) is 2.90. The lowest BCUT2D eigenvalue weighted by atomic mass is 10.1. The van der Waals surface area contributed by atoms with Gasteiger partial charge in [-0.05, 0) is 30.5 Å². The zero-order valence-corrected chi connectivity index (χ0v) is 14.5. The summed E-state index contributed by atoms with van der Waals surface area (Å²) >= 11 is 0. The third kappa shape index (κ3) is 4.68. The standard InChI is InChI=1S/C16H20FNO6S/c1-24-13-7-6-10(8-12(13)17)15(16(20)21)18-14(19)9-25(22,23)11-4-2-3-5-11/h6-8,11,15H,2-5,9H2,1H3,(H,18,19)(H,20,21). The van der Waals surface area contributed by atoms with Gasteiger partial charge in [-0.2, -0.15) is 0 Å². The molecule has 0 heterocycles. The van der Waals surface area contributed by atoms with Gasteiger partial charge in [0.1, 0.15) is 5.75 Å². The van der Waals surface area contributed by atoms with Crippen molar-refractivity contribution in [2.75, 3.05) is 12.9 Å². The molecule has 1 fully saturated rings. The van der Waals surface area contributed by atoms with Crippen LogP contribution in [-0.2, 0) is 19.4 Å². The maximum atomic E-state index is 13.8. The Kier molecular flexibility index (Phi) is 5.99. The summed E-state index contributed by atoms with van der Waals surface area (Å²) in [6, 6.07) is 1.92. The van der Waals surface area contributed by atoms with Crippen molar-refractivity contribution in [3.8, 4) is 5.75 Å². The normalized spacial score (nSPS) is 16.4. The van der Waals surface area contributed by atoms with Gasteiger partial charge in [-0.25, -0.2) is 17.6 Å². The van der Waals surface area contributed by atoms with Gasteiger partial charge in [0, 0.05) is 0 Å². The number of nitrogens with one attached hydrogen (secondary N) is 1. The molecule has 1 amide bonds.